The Balaban J connectivity index is 2.02. The molecule has 1 aromatic rings. The standard InChI is InChI=1S/C13H15F3N2O2/c14-13(15,16)8-20-7-12(19)18-5-1-2-9-6-10(17)3-4-11(9)18/h3-4,6H,1-2,5,7-8,17H2. The molecule has 20 heavy (non-hydrogen) atoms. The van der Waals surface area contributed by atoms with Gasteiger partial charge < -0.3 is 15.4 Å². The highest BCUT2D eigenvalue weighted by Gasteiger charge is 2.29. The van der Waals surface area contributed by atoms with Crippen molar-refractivity contribution in [3.63, 3.8) is 0 Å². The maximum absolute atomic E-state index is 12.0. The number of carbonyl (C=O) groups excluding carboxylic acids is 1. The smallest absolute Gasteiger partial charge is 0.399 e. The second-order valence-electron chi connectivity index (χ2n) is 4.65. The van der Waals surface area contributed by atoms with E-state index >= 15 is 0 Å². The monoisotopic (exact) mass is 288 g/mol. The van der Waals surface area contributed by atoms with Crippen LogP contribution in [0.2, 0.25) is 0 Å². The number of nitrogen functional groups attached to an aromatic ring is 1. The third-order valence-corrected chi connectivity index (χ3v) is 3.01. The van der Waals surface area contributed by atoms with Crippen LogP contribution >= 0.6 is 0 Å². The highest BCUT2D eigenvalue weighted by Crippen LogP contribution is 2.29. The lowest BCUT2D eigenvalue weighted by molar-refractivity contribution is -0.175. The topological polar surface area (TPSA) is 55.6 Å². The molecule has 2 N–H and O–H groups in total. The molecule has 1 amide bonds. The molecular formula is C13H15F3N2O2. The summed E-state index contributed by atoms with van der Waals surface area (Å²) in [6.45, 7) is -1.52. The molecule has 0 saturated carbocycles. The van der Waals surface area contributed by atoms with Gasteiger partial charge in [0.2, 0.25) is 0 Å². The highest BCUT2D eigenvalue weighted by atomic mass is 19.4. The molecule has 0 radical (unpaired) electrons. The van der Waals surface area contributed by atoms with Gasteiger partial charge in [-0.3, -0.25) is 4.79 Å². The van der Waals surface area contributed by atoms with Crippen molar-refractivity contribution < 1.29 is 22.7 Å². The fourth-order valence-electron chi connectivity index (χ4n) is 2.21. The van der Waals surface area contributed by atoms with Gasteiger partial charge in [-0.25, -0.2) is 0 Å². The summed E-state index contributed by atoms with van der Waals surface area (Å²) in [4.78, 5) is 13.4. The second-order valence-corrected chi connectivity index (χ2v) is 4.65. The summed E-state index contributed by atoms with van der Waals surface area (Å²) in [6.07, 6.45) is -2.87. The summed E-state index contributed by atoms with van der Waals surface area (Å²) in [7, 11) is 0. The third-order valence-electron chi connectivity index (χ3n) is 3.01. The Bertz CT molecular complexity index is 503. The molecule has 1 heterocycles. The number of halogens is 3. The number of fused-ring (bicyclic) bond motifs is 1. The van der Waals surface area contributed by atoms with Crippen LogP contribution in [0.25, 0.3) is 0 Å². The Morgan fingerprint density at radius 2 is 2.15 bits per heavy atom. The zero-order valence-corrected chi connectivity index (χ0v) is 10.7. The quantitative estimate of drug-likeness (QED) is 0.867. The second kappa shape index (κ2) is 5.70. The van der Waals surface area contributed by atoms with Crippen molar-refractivity contribution in [2.75, 3.05) is 30.4 Å². The first kappa shape index (κ1) is 14.6. The van der Waals surface area contributed by atoms with Crippen molar-refractivity contribution >= 4 is 17.3 Å². The van der Waals surface area contributed by atoms with Crippen molar-refractivity contribution in [2.45, 2.75) is 19.0 Å². The van der Waals surface area contributed by atoms with E-state index in [2.05, 4.69) is 4.74 Å². The summed E-state index contributed by atoms with van der Waals surface area (Å²) in [6, 6.07) is 5.16. The van der Waals surface area contributed by atoms with Gasteiger partial charge in [-0.15, -0.1) is 0 Å². The lowest BCUT2D eigenvalue weighted by Gasteiger charge is -2.29. The number of alkyl halides is 3. The number of hydrogen-bond donors (Lipinski definition) is 1. The van der Waals surface area contributed by atoms with Crippen LogP contribution in [0.4, 0.5) is 24.5 Å². The Labute approximate surface area is 114 Å². The van der Waals surface area contributed by atoms with Gasteiger partial charge >= 0.3 is 6.18 Å². The zero-order chi connectivity index (χ0) is 14.8. The molecule has 0 unspecified atom stereocenters. The van der Waals surface area contributed by atoms with Gasteiger partial charge in [0.25, 0.3) is 5.91 Å². The molecule has 0 aliphatic carbocycles. The van der Waals surface area contributed by atoms with Crippen LogP contribution in [0.5, 0.6) is 0 Å². The summed E-state index contributed by atoms with van der Waals surface area (Å²) in [5, 5.41) is 0. The van der Waals surface area contributed by atoms with Crippen molar-refractivity contribution in [2.24, 2.45) is 0 Å². The van der Waals surface area contributed by atoms with Crippen LogP contribution in [0.1, 0.15) is 12.0 Å². The van der Waals surface area contributed by atoms with E-state index in [-0.39, 0.29) is 0 Å². The Morgan fingerprint density at radius 1 is 1.40 bits per heavy atom. The maximum atomic E-state index is 12.0. The lowest BCUT2D eigenvalue weighted by atomic mass is 10.0. The number of benzene rings is 1. The van der Waals surface area contributed by atoms with Crippen LogP contribution in [0.3, 0.4) is 0 Å². The molecule has 0 fully saturated rings. The van der Waals surface area contributed by atoms with E-state index in [0.717, 1.165) is 18.4 Å². The minimum atomic E-state index is -4.42. The molecule has 2 rings (SSSR count). The van der Waals surface area contributed by atoms with E-state index in [4.69, 9.17) is 5.73 Å². The normalized spacial score (nSPS) is 15.1. The molecule has 0 aromatic heterocycles. The van der Waals surface area contributed by atoms with Gasteiger partial charge in [0.1, 0.15) is 13.2 Å². The average Bonchev–Trinajstić information content (AvgIpc) is 2.36. The Morgan fingerprint density at radius 3 is 2.85 bits per heavy atom. The lowest BCUT2D eigenvalue weighted by Crippen LogP contribution is -2.38. The molecule has 0 spiro atoms. The fourth-order valence-corrected chi connectivity index (χ4v) is 2.21. The molecule has 1 aliphatic heterocycles. The predicted molar refractivity (Wildman–Crippen MR) is 68.4 cm³/mol. The first-order chi connectivity index (χ1) is 9.37. The van der Waals surface area contributed by atoms with Gasteiger partial charge in [-0.05, 0) is 36.6 Å². The number of hydrogen-bond acceptors (Lipinski definition) is 3. The number of nitrogens with two attached hydrogens (primary N) is 1. The molecule has 0 saturated heterocycles. The number of rotatable bonds is 3. The molecule has 0 atom stereocenters. The molecule has 1 aliphatic rings. The SMILES string of the molecule is Nc1ccc2c(c1)CCCN2C(=O)COCC(F)(F)F. The fraction of sp³-hybridized carbons (Fsp3) is 0.462. The van der Waals surface area contributed by atoms with Crippen molar-refractivity contribution in [3.8, 4) is 0 Å². The van der Waals surface area contributed by atoms with Crippen LogP contribution < -0.4 is 10.6 Å². The minimum absolute atomic E-state index is 0.472. The molecule has 7 heteroatoms. The first-order valence-corrected chi connectivity index (χ1v) is 6.20. The van der Waals surface area contributed by atoms with E-state index in [0.29, 0.717) is 17.9 Å². The van der Waals surface area contributed by atoms with Gasteiger partial charge in [0, 0.05) is 17.9 Å². The number of amides is 1. The van der Waals surface area contributed by atoms with Crippen LogP contribution in [-0.2, 0) is 16.0 Å². The van der Waals surface area contributed by atoms with Crippen LogP contribution in [0.15, 0.2) is 18.2 Å². The largest absolute Gasteiger partial charge is 0.411 e. The number of carbonyl (C=O) groups is 1. The summed E-state index contributed by atoms with van der Waals surface area (Å²) >= 11 is 0. The van der Waals surface area contributed by atoms with E-state index < -0.39 is 25.3 Å². The molecule has 110 valence electrons. The van der Waals surface area contributed by atoms with Crippen molar-refractivity contribution in [1.82, 2.24) is 0 Å². The van der Waals surface area contributed by atoms with Gasteiger partial charge in [0.15, 0.2) is 0 Å². The Hall–Kier alpha value is -1.76. The van der Waals surface area contributed by atoms with Gasteiger partial charge in [-0.2, -0.15) is 13.2 Å². The number of anilines is 2. The number of ether oxygens (including phenoxy) is 1. The van der Waals surface area contributed by atoms with Crippen molar-refractivity contribution in [1.29, 1.82) is 0 Å². The Kier molecular flexibility index (Phi) is 4.17. The van der Waals surface area contributed by atoms with E-state index in [1.807, 2.05) is 0 Å². The third kappa shape index (κ3) is 3.63. The molecule has 4 nitrogen and oxygen atoms in total. The van der Waals surface area contributed by atoms with Gasteiger partial charge in [0.05, 0.1) is 0 Å². The number of aryl methyl sites for hydroxylation is 1. The zero-order valence-electron chi connectivity index (χ0n) is 10.7. The van der Waals surface area contributed by atoms with E-state index in [1.165, 1.54) is 4.90 Å². The maximum Gasteiger partial charge on any atom is 0.411 e. The predicted octanol–water partition coefficient (Wildman–Crippen LogP) is 2.13. The average molecular weight is 288 g/mol. The summed E-state index contributed by atoms with van der Waals surface area (Å²) in [5.41, 5.74) is 7.91. The number of nitrogens with zero attached hydrogens (tertiary/aromatic N) is 1. The molecule has 1 aromatic carbocycles. The van der Waals surface area contributed by atoms with Crippen LogP contribution in [0, 0.1) is 0 Å². The van der Waals surface area contributed by atoms with Crippen molar-refractivity contribution in [3.05, 3.63) is 23.8 Å². The van der Waals surface area contributed by atoms with Crippen LogP contribution in [-0.4, -0.2) is 31.8 Å². The summed E-state index contributed by atoms with van der Waals surface area (Å²) in [5.74, 6) is -0.472. The highest BCUT2D eigenvalue weighted by molar-refractivity contribution is 5.95. The summed E-state index contributed by atoms with van der Waals surface area (Å²) < 4.78 is 40.3. The molecular weight excluding hydrogens is 273 g/mol. The van der Waals surface area contributed by atoms with E-state index in [9.17, 15) is 18.0 Å². The molecule has 0 bridgehead atoms. The van der Waals surface area contributed by atoms with E-state index in [1.54, 1.807) is 18.2 Å². The first-order valence-electron chi connectivity index (χ1n) is 6.20. The van der Waals surface area contributed by atoms with Gasteiger partial charge in [-0.1, -0.05) is 0 Å². The minimum Gasteiger partial charge on any atom is -0.399 e.